The predicted octanol–water partition coefficient (Wildman–Crippen LogP) is 0.533. The van der Waals surface area contributed by atoms with E-state index in [0.29, 0.717) is 26.2 Å². The zero-order valence-electron chi connectivity index (χ0n) is 12.3. The van der Waals surface area contributed by atoms with E-state index in [2.05, 4.69) is 15.0 Å². The molecule has 1 saturated heterocycles. The first-order valence-corrected chi connectivity index (χ1v) is 7.41. The van der Waals surface area contributed by atoms with Crippen LogP contribution in [0, 0.1) is 0 Å². The molecule has 0 aromatic carbocycles. The van der Waals surface area contributed by atoms with Crippen molar-refractivity contribution >= 4 is 5.91 Å². The van der Waals surface area contributed by atoms with E-state index in [9.17, 15) is 4.79 Å². The second-order valence-electron chi connectivity index (χ2n) is 5.31. The average Bonchev–Trinajstić information content (AvgIpc) is 3.07. The van der Waals surface area contributed by atoms with Gasteiger partial charge in [0.2, 0.25) is 5.91 Å². The van der Waals surface area contributed by atoms with E-state index < -0.39 is 0 Å². The van der Waals surface area contributed by atoms with Crippen LogP contribution in [0.5, 0.6) is 0 Å². The number of morpholine rings is 1. The number of aryl methyl sites for hydroxylation is 1. The van der Waals surface area contributed by atoms with Crippen LogP contribution in [0.2, 0.25) is 0 Å². The average molecular weight is 301 g/mol. The van der Waals surface area contributed by atoms with Gasteiger partial charge < -0.3 is 14.2 Å². The van der Waals surface area contributed by atoms with Gasteiger partial charge in [0.15, 0.2) is 0 Å². The number of hydrogen-bond donors (Lipinski definition) is 0. The molecule has 7 nitrogen and oxygen atoms in total. The van der Waals surface area contributed by atoms with E-state index in [1.165, 1.54) is 0 Å². The summed E-state index contributed by atoms with van der Waals surface area (Å²) in [6, 6.07) is 1.91. The molecule has 0 saturated carbocycles. The van der Waals surface area contributed by atoms with E-state index in [-0.39, 0.29) is 12.0 Å². The van der Waals surface area contributed by atoms with Crippen LogP contribution in [0.4, 0.5) is 0 Å². The highest BCUT2D eigenvalue weighted by Gasteiger charge is 2.24. The number of nitrogens with zero attached hydrogens (tertiary/aromatic N) is 5. The summed E-state index contributed by atoms with van der Waals surface area (Å²) >= 11 is 0. The Hall–Kier alpha value is -2.28. The maximum Gasteiger partial charge on any atom is 0.242 e. The Balaban J connectivity index is 1.49. The molecule has 3 heterocycles. The molecule has 0 bridgehead atoms. The smallest absolute Gasteiger partial charge is 0.242 e. The molecule has 22 heavy (non-hydrogen) atoms. The Labute approximate surface area is 129 Å². The lowest BCUT2D eigenvalue weighted by molar-refractivity contribution is -0.139. The SMILES string of the molecule is O=C(Cn1ccnc1)N1CCO[C@@H](CCc2ccncn2)C1. The third kappa shape index (κ3) is 3.88. The topological polar surface area (TPSA) is 73.1 Å². The summed E-state index contributed by atoms with van der Waals surface area (Å²) < 4.78 is 7.54. The lowest BCUT2D eigenvalue weighted by atomic mass is 10.1. The Morgan fingerprint density at radius 1 is 1.36 bits per heavy atom. The Kier molecular flexibility index (Phi) is 4.75. The highest BCUT2D eigenvalue weighted by atomic mass is 16.5. The number of amides is 1. The molecule has 2 aromatic heterocycles. The van der Waals surface area contributed by atoms with Gasteiger partial charge in [0.05, 0.1) is 19.0 Å². The van der Waals surface area contributed by atoms with Crippen LogP contribution in [0.1, 0.15) is 12.1 Å². The van der Waals surface area contributed by atoms with Crippen molar-refractivity contribution in [3.05, 3.63) is 43.0 Å². The number of hydrogen-bond acceptors (Lipinski definition) is 5. The van der Waals surface area contributed by atoms with Crippen LogP contribution >= 0.6 is 0 Å². The first kappa shape index (κ1) is 14.6. The maximum absolute atomic E-state index is 12.3. The van der Waals surface area contributed by atoms with E-state index in [0.717, 1.165) is 18.5 Å². The van der Waals surface area contributed by atoms with Gasteiger partial charge in [-0.1, -0.05) is 0 Å². The Morgan fingerprint density at radius 2 is 2.32 bits per heavy atom. The molecule has 116 valence electrons. The van der Waals surface area contributed by atoms with E-state index >= 15 is 0 Å². The summed E-state index contributed by atoms with van der Waals surface area (Å²) in [6.07, 6.45) is 10.2. The second-order valence-corrected chi connectivity index (χ2v) is 5.31. The molecule has 0 N–H and O–H groups in total. The minimum atomic E-state index is 0.0652. The molecule has 3 rings (SSSR count). The Bertz CT molecular complexity index is 587. The van der Waals surface area contributed by atoms with E-state index in [4.69, 9.17) is 4.74 Å². The number of aromatic nitrogens is 4. The molecule has 7 heteroatoms. The lowest BCUT2D eigenvalue weighted by Gasteiger charge is -2.33. The monoisotopic (exact) mass is 301 g/mol. The second kappa shape index (κ2) is 7.13. The number of ether oxygens (including phenoxy) is 1. The fraction of sp³-hybridized carbons (Fsp3) is 0.467. The van der Waals surface area contributed by atoms with Gasteiger partial charge in [0.1, 0.15) is 12.9 Å². The standard InChI is InChI=1S/C15H19N5O2/c21-15(10-19-6-5-17-12-19)20-7-8-22-14(9-20)2-1-13-3-4-16-11-18-13/h3-6,11-12,14H,1-2,7-10H2/t14-/m0/s1. The van der Waals surface area contributed by atoms with Gasteiger partial charge >= 0.3 is 0 Å². The van der Waals surface area contributed by atoms with Crippen LogP contribution in [-0.2, 0) is 22.5 Å². The van der Waals surface area contributed by atoms with Gasteiger partial charge in [0.25, 0.3) is 0 Å². The van der Waals surface area contributed by atoms with Gasteiger partial charge in [-0.25, -0.2) is 15.0 Å². The molecule has 0 spiro atoms. The number of rotatable bonds is 5. The maximum atomic E-state index is 12.3. The zero-order valence-corrected chi connectivity index (χ0v) is 12.3. The summed E-state index contributed by atoms with van der Waals surface area (Å²) in [5.74, 6) is 0.105. The molecular formula is C15H19N5O2. The molecular weight excluding hydrogens is 282 g/mol. The largest absolute Gasteiger partial charge is 0.375 e. The number of carbonyl (C=O) groups is 1. The quantitative estimate of drug-likeness (QED) is 0.805. The fourth-order valence-corrected chi connectivity index (χ4v) is 2.53. The van der Waals surface area contributed by atoms with Crippen LogP contribution in [0.25, 0.3) is 0 Å². The van der Waals surface area contributed by atoms with Gasteiger partial charge in [-0.15, -0.1) is 0 Å². The third-order valence-electron chi connectivity index (χ3n) is 3.73. The lowest BCUT2D eigenvalue weighted by Crippen LogP contribution is -2.46. The molecule has 2 aromatic rings. The molecule has 1 atom stereocenters. The molecule has 0 aliphatic carbocycles. The molecule has 1 fully saturated rings. The van der Waals surface area contributed by atoms with Crippen molar-refractivity contribution in [2.24, 2.45) is 0 Å². The van der Waals surface area contributed by atoms with Crippen molar-refractivity contribution in [3.8, 4) is 0 Å². The molecule has 1 amide bonds. The van der Waals surface area contributed by atoms with Crippen molar-refractivity contribution in [3.63, 3.8) is 0 Å². The van der Waals surface area contributed by atoms with E-state index in [1.807, 2.05) is 11.0 Å². The highest BCUT2D eigenvalue weighted by Crippen LogP contribution is 2.12. The fourth-order valence-electron chi connectivity index (χ4n) is 2.53. The summed E-state index contributed by atoms with van der Waals surface area (Å²) in [6.45, 7) is 2.21. The third-order valence-corrected chi connectivity index (χ3v) is 3.73. The number of imidazole rings is 1. The van der Waals surface area contributed by atoms with Crippen LogP contribution in [0.15, 0.2) is 37.3 Å². The molecule has 0 unspecified atom stereocenters. The summed E-state index contributed by atoms with van der Waals surface area (Å²) in [5, 5.41) is 0. The first-order valence-electron chi connectivity index (χ1n) is 7.41. The van der Waals surface area contributed by atoms with Crippen LogP contribution < -0.4 is 0 Å². The predicted molar refractivity (Wildman–Crippen MR) is 78.9 cm³/mol. The summed E-state index contributed by atoms with van der Waals surface area (Å²) in [7, 11) is 0. The molecule has 0 radical (unpaired) electrons. The first-order chi connectivity index (χ1) is 10.8. The van der Waals surface area contributed by atoms with Crippen molar-refractivity contribution in [2.75, 3.05) is 19.7 Å². The van der Waals surface area contributed by atoms with Gasteiger partial charge in [-0.05, 0) is 18.9 Å². The van der Waals surface area contributed by atoms with E-state index in [1.54, 1.807) is 35.8 Å². The van der Waals surface area contributed by atoms with Crippen molar-refractivity contribution in [2.45, 2.75) is 25.5 Å². The Morgan fingerprint density at radius 3 is 3.09 bits per heavy atom. The molecule has 1 aliphatic heterocycles. The van der Waals surface area contributed by atoms with Crippen LogP contribution in [0.3, 0.4) is 0 Å². The zero-order chi connectivity index (χ0) is 15.2. The highest BCUT2D eigenvalue weighted by molar-refractivity contribution is 5.76. The van der Waals surface area contributed by atoms with Gasteiger partial charge in [-0.2, -0.15) is 0 Å². The summed E-state index contributed by atoms with van der Waals surface area (Å²) in [5.41, 5.74) is 1.00. The summed E-state index contributed by atoms with van der Waals surface area (Å²) in [4.78, 5) is 26.2. The van der Waals surface area contributed by atoms with Crippen molar-refractivity contribution in [1.29, 1.82) is 0 Å². The van der Waals surface area contributed by atoms with Crippen molar-refractivity contribution in [1.82, 2.24) is 24.4 Å². The normalized spacial score (nSPS) is 18.4. The van der Waals surface area contributed by atoms with Gasteiger partial charge in [-0.3, -0.25) is 4.79 Å². The van der Waals surface area contributed by atoms with Gasteiger partial charge in [0, 0.05) is 37.4 Å². The minimum absolute atomic E-state index is 0.0652. The molecule has 1 aliphatic rings. The minimum Gasteiger partial charge on any atom is -0.375 e. The number of carbonyl (C=O) groups excluding carboxylic acids is 1. The van der Waals surface area contributed by atoms with Crippen molar-refractivity contribution < 1.29 is 9.53 Å². The van der Waals surface area contributed by atoms with Crippen LogP contribution in [-0.4, -0.2) is 56.1 Å².